The first-order chi connectivity index (χ1) is 18.3. The van der Waals surface area contributed by atoms with Gasteiger partial charge in [0.15, 0.2) is 12.1 Å². The predicted octanol–water partition coefficient (Wildman–Crippen LogP) is 5.12. The Labute approximate surface area is 218 Å². The number of aromatic amines is 1. The molecule has 0 fully saturated rings. The number of benzene rings is 2. The number of rotatable bonds is 6. The summed E-state index contributed by atoms with van der Waals surface area (Å²) in [5, 5.41) is 25.8. The molecule has 0 amide bonds. The summed E-state index contributed by atoms with van der Waals surface area (Å²) in [6.45, 7) is 2.38. The molecule has 0 saturated carbocycles. The molecule has 0 aliphatic carbocycles. The van der Waals surface area contributed by atoms with E-state index in [1.165, 1.54) is 20.0 Å². The zero-order chi connectivity index (χ0) is 28.2. The van der Waals surface area contributed by atoms with Gasteiger partial charge in [0.2, 0.25) is 5.44 Å². The summed E-state index contributed by atoms with van der Waals surface area (Å²) in [6, 6.07) is 10.1. The molecule has 3 aromatic heterocycles. The number of aliphatic hydroxyl groups is 1. The number of hydrogen-bond acceptors (Lipinski definition) is 6. The minimum Gasteiger partial charge on any atom is -0.386 e. The number of hydrogen-bond donors (Lipinski definition) is 3. The molecular weight excluding hydrogens is 542 g/mol. The Morgan fingerprint density at radius 3 is 2.36 bits per heavy atom. The first kappa shape index (κ1) is 26.8. The van der Waals surface area contributed by atoms with Gasteiger partial charge >= 0.3 is 13.4 Å². The van der Waals surface area contributed by atoms with E-state index in [-0.39, 0.29) is 11.3 Å². The molecule has 5 aromatic rings. The van der Waals surface area contributed by atoms with E-state index >= 15 is 4.39 Å². The van der Waals surface area contributed by atoms with E-state index in [2.05, 4.69) is 25.5 Å². The summed E-state index contributed by atoms with van der Waals surface area (Å²) in [5.74, 6) is -6.94. The average Bonchev–Trinajstić information content (AvgIpc) is 3.52. The van der Waals surface area contributed by atoms with Gasteiger partial charge in [-0.05, 0) is 44.2 Å². The fourth-order valence-electron chi connectivity index (χ4n) is 4.04. The minimum absolute atomic E-state index is 0.0350. The van der Waals surface area contributed by atoms with Crippen LogP contribution in [0.1, 0.15) is 19.4 Å². The molecule has 8 nitrogen and oxygen atoms in total. The van der Waals surface area contributed by atoms with Crippen LogP contribution in [0.2, 0.25) is 0 Å². The predicted molar refractivity (Wildman–Crippen MR) is 135 cm³/mol. The van der Waals surface area contributed by atoms with Crippen molar-refractivity contribution in [3.05, 3.63) is 78.1 Å². The average molecular weight is 563 g/mol. The van der Waals surface area contributed by atoms with Crippen molar-refractivity contribution < 1.29 is 32.0 Å². The Morgan fingerprint density at radius 1 is 1.00 bits per heavy atom. The molecule has 0 spiro atoms. The molecule has 14 heteroatoms. The van der Waals surface area contributed by atoms with Crippen molar-refractivity contribution in [1.29, 1.82) is 0 Å². The number of H-pyrrole nitrogens is 1. The van der Waals surface area contributed by atoms with Crippen LogP contribution in [-0.2, 0) is 11.9 Å². The molecule has 2 aromatic carbocycles. The van der Waals surface area contributed by atoms with Crippen molar-refractivity contribution in [2.75, 3.05) is 0 Å². The molecule has 3 heterocycles. The Balaban J connectivity index is 1.61. The summed E-state index contributed by atoms with van der Waals surface area (Å²) >= 11 is 0. The zero-order valence-corrected chi connectivity index (χ0v) is 21.3. The fourth-order valence-corrected chi connectivity index (χ4v) is 5.77. The Bertz CT molecular complexity index is 1660. The lowest BCUT2D eigenvalue weighted by Gasteiger charge is -2.24. The number of nitrogens with one attached hydrogen (secondary N) is 1. The van der Waals surface area contributed by atoms with Crippen LogP contribution in [0.5, 0.6) is 0 Å². The van der Waals surface area contributed by atoms with Gasteiger partial charge in [0, 0.05) is 28.1 Å². The first-order valence-corrected chi connectivity index (χ1v) is 13.4. The van der Waals surface area contributed by atoms with Gasteiger partial charge in [-0.1, -0.05) is 17.3 Å². The zero-order valence-electron chi connectivity index (χ0n) is 20.4. The SMILES string of the molecule is CC(C)(O)c1cc([P+](O)(Cn2cc(-c3ccc4cn[nH]c4c3)nn2)C(F)(F)F)nc(-c2ccc(F)cc2)c1F. The molecule has 0 aliphatic rings. The highest BCUT2D eigenvalue weighted by Gasteiger charge is 2.67. The molecule has 5 rings (SSSR count). The number of nitrogens with zero attached hydrogens (tertiary/aromatic N) is 5. The molecule has 39 heavy (non-hydrogen) atoms. The van der Waals surface area contributed by atoms with Crippen LogP contribution in [-0.4, -0.2) is 46.1 Å². The molecule has 1 unspecified atom stereocenters. The standard InChI is InChI=1S/C25H21F5N6O2P/c1-24(2,37)18-10-21(32-23(22(18)27)14-5-7-17(26)8-6-14)39(38,25(28,29)30)13-36-12-20(34-35-36)15-3-4-16-11-31-33-19(16)9-15/h3-12,37-38H,13H2,1-2H3,(H,31,33)/q+1. The van der Waals surface area contributed by atoms with Gasteiger partial charge in [0.1, 0.15) is 17.2 Å². The number of fused-ring (bicyclic) bond motifs is 1. The second-order valence-corrected chi connectivity index (χ2v) is 12.2. The van der Waals surface area contributed by atoms with E-state index in [1.54, 1.807) is 24.4 Å². The van der Waals surface area contributed by atoms with Crippen molar-refractivity contribution in [3.63, 3.8) is 0 Å². The third kappa shape index (κ3) is 5.00. The molecule has 0 aliphatic heterocycles. The highest BCUT2D eigenvalue weighted by Crippen LogP contribution is 2.68. The van der Waals surface area contributed by atoms with E-state index in [9.17, 15) is 27.6 Å². The molecule has 1 atom stereocenters. The summed E-state index contributed by atoms with van der Waals surface area (Å²) in [5.41, 5.74) is -2.44. The monoisotopic (exact) mass is 563 g/mol. The minimum atomic E-state index is -5.23. The molecule has 0 bridgehead atoms. The number of aromatic nitrogens is 6. The summed E-state index contributed by atoms with van der Waals surface area (Å²) in [6.07, 6.45) is 1.79. The number of halogens is 5. The lowest BCUT2D eigenvalue weighted by molar-refractivity contribution is -0.0512. The Morgan fingerprint density at radius 2 is 1.69 bits per heavy atom. The maximum atomic E-state index is 15.4. The van der Waals surface area contributed by atoms with Crippen molar-refractivity contribution in [1.82, 2.24) is 30.2 Å². The maximum absolute atomic E-state index is 15.4. The van der Waals surface area contributed by atoms with Crippen molar-refractivity contribution in [2.24, 2.45) is 0 Å². The quantitative estimate of drug-likeness (QED) is 0.195. The first-order valence-electron chi connectivity index (χ1n) is 11.5. The smallest absolute Gasteiger partial charge is 0.386 e. The lowest BCUT2D eigenvalue weighted by atomic mass is 9.96. The van der Waals surface area contributed by atoms with Crippen LogP contribution in [0.4, 0.5) is 22.0 Å². The van der Waals surface area contributed by atoms with Gasteiger partial charge in [0.05, 0.1) is 23.5 Å². The number of pyridine rings is 1. The van der Waals surface area contributed by atoms with Crippen LogP contribution < -0.4 is 5.44 Å². The highest BCUT2D eigenvalue weighted by atomic mass is 31.2. The van der Waals surface area contributed by atoms with Gasteiger partial charge in [-0.15, -0.1) is 18.3 Å². The van der Waals surface area contributed by atoms with E-state index in [0.29, 0.717) is 17.1 Å². The van der Waals surface area contributed by atoms with Crippen LogP contribution in [0.3, 0.4) is 0 Å². The van der Waals surface area contributed by atoms with Crippen LogP contribution in [0.15, 0.2) is 60.9 Å². The third-order valence-electron chi connectivity index (χ3n) is 6.15. The second-order valence-electron chi connectivity index (χ2n) is 9.45. The van der Waals surface area contributed by atoms with Crippen molar-refractivity contribution in [2.45, 2.75) is 31.7 Å². The van der Waals surface area contributed by atoms with E-state index in [1.807, 2.05) is 0 Å². The van der Waals surface area contributed by atoms with Gasteiger partial charge in [-0.25, -0.2) is 23.3 Å². The van der Waals surface area contributed by atoms with Gasteiger partial charge < -0.3 is 5.11 Å². The number of alkyl halides is 3. The van der Waals surface area contributed by atoms with Crippen molar-refractivity contribution >= 4 is 23.8 Å². The van der Waals surface area contributed by atoms with E-state index in [4.69, 9.17) is 0 Å². The fraction of sp³-hybridized carbons (Fsp3) is 0.200. The molecule has 0 radical (unpaired) electrons. The molecule has 0 saturated heterocycles. The largest absolute Gasteiger partial charge is 0.546 e. The Hall–Kier alpha value is -3.80. The van der Waals surface area contributed by atoms with Crippen molar-refractivity contribution in [3.8, 4) is 22.5 Å². The topological polar surface area (TPSA) is 113 Å². The normalized spacial score (nSPS) is 14.1. The van der Waals surface area contributed by atoms with Crippen LogP contribution in [0.25, 0.3) is 33.4 Å². The van der Waals surface area contributed by atoms with Gasteiger partial charge in [-0.3, -0.25) is 5.10 Å². The summed E-state index contributed by atoms with van der Waals surface area (Å²) in [4.78, 5) is 15.1. The third-order valence-corrected chi connectivity index (χ3v) is 8.67. The molecule has 202 valence electrons. The molecular formula is C25H21F5N6O2P+. The van der Waals surface area contributed by atoms with Gasteiger partial charge in [-0.2, -0.15) is 5.10 Å². The van der Waals surface area contributed by atoms with Gasteiger partial charge in [0.25, 0.3) is 0 Å². The summed E-state index contributed by atoms with van der Waals surface area (Å²) in [7, 11) is -5.23. The Kier molecular flexibility index (Phi) is 6.48. The highest BCUT2D eigenvalue weighted by molar-refractivity contribution is 7.77. The summed E-state index contributed by atoms with van der Waals surface area (Å²) < 4.78 is 73.4. The molecule has 3 N–H and O–H groups in total. The van der Waals surface area contributed by atoms with Crippen LogP contribution >= 0.6 is 7.49 Å². The van der Waals surface area contributed by atoms with E-state index in [0.717, 1.165) is 34.3 Å². The van der Waals surface area contributed by atoms with Crippen LogP contribution in [0, 0.1) is 11.6 Å². The maximum Gasteiger partial charge on any atom is 0.546 e. The lowest BCUT2D eigenvalue weighted by Crippen LogP contribution is -2.33. The second kappa shape index (κ2) is 9.44. The van der Waals surface area contributed by atoms with E-state index < -0.39 is 53.6 Å².